The van der Waals surface area contributed by atoms with E-state index in [4.69, 9.17) is 4.74 Å². The maximum absolute atomic E-state index is 5.33. The molecule has 0 bridgehead atoms. The third-order valence-corrected chi connectivity index (χ3v) is 4.38. The Morgan fingerprint density at radius 2 is 2.16 bits per heavy atom. The summed E-state index contributed by atoms with van der Waals surface area (Å²) in [5.41, 5.74) is 2.36. The Bertz CT molecular complexity index is 577. The van der Waals surface area contributed by atoms with Crippen molar-refractivity contribution < 1.29 is 4.74 Å². The SMILES string of the molecule is COc1ncc(C)c2c1ccn2SN1CCNCC1. The van der Waals surface area contributed by atoms with E-state index in [1.165, 1.54) is 11.1 Å². The molecule has 6 heteroatoms. The number of methoxy groups -OCH3 is 1. The second kappa shape index (κ2) is 5.40. The minimum atomic E-state index is 0.695. The molecule has 1 fully saturated rings. The summed E-state index contributed by atoms with van der Waals surface area (Å²) < 4.78 is 9.91. The molecule has 19 heavy (non-hydrogen) atoms. The van der Waals surface area contributed by atoms with Crippen LogP contribution in [0.1, 0.15) is 5.56 Å². The Hall–Kier alpha value is -1.24. The smallest absolute Gasteiger partial charge is 0.222 e. The van der Waals surface area contributed by atoms with Gasteiger partial charge in [-0.3, -0.25) is 3.97 Å². The average Bonchev–Trinajstić information content (AvgIpc) is 2.85. The van der Waals surface area contributed by atoms with Gasteiger partial charge in [-0.05, 0) is 18.6 Å². The third kappa shape index (κ3) is 2.43. The summed E-state index contributed by atoms with van der Waals surface area (Å²) in [6.45, 7) is 6.31. The second-order valence-corrected chi connectivity index (χ2v) is 5.69. The first kappa shape index (κ1) is 12.8. The molecular formula is C13H18N4OS. The van der Waals surface area contributed by atoms with Gasteiger partial charge in [-0.25, -0.2) is 9.29 Å². The van der Waals surface area contributed by atoms with Gasteiger partial charge in [0, 0.05) is 50.7 Å². The molecule has 0 aliphatic carbocycles. The highest BCUT2D eigenvalue weighted by atomic mass is 32.2. The molecule has 0 amide bonds. The lowest BCUT2D eigenvalue weighted by Crippen LogP contribution is -2.40. The number of hydrogen-bond donors (Lipinski definition) is 1. The first-order valence-electron chi connectivity index (χ1n) is 6.44. The minimum Gasteiger partial charge on any atom is -0.481 e. The van der Waals surface area contributed by atoms with E-state index in [9.17, 15) is 0 Å². The zero-order chi connectivity index (χ0) is 13.2. The van der Waals surface area contributed by atoms with Crippen LogP contribution in [-0.4, -0.2) is 46.6 Å². The van der Waals surface area contributed by atoms with Crippen molar-refractivity contribution in [2.45, 2.75) is 6.92 Å². The molecule has 2 aromatic rings. The van der Waals surface area contributed by atoms with Crippen LogP contribution >= 0.6 is 12.1 Å². The van der Waals surface area contributed by atoms with Gasteiger partial charge in [-0.15, -0.1) is 0 Å². The Morgan fingerprint density at radius 1 is 1.37 bits per heavy atom. The van der Waals surface area contributed by atoms with Crippen molar-refractivity contribution in [2.75, 3.05) is 33.3 Å². The Morgan fingerprint density at radius 3 is 2.89 bits per heavy atom. The van der Waals surface area contributed by atoms with Crippen molar-refractivity contribution in [1.82, 2.24) is 18.6 Å². The fourth-order valence-corrected chi connectivity index (χ4v) is 3.37. The molecule has 0 saturated carbocycles. The van der Waals surface area contributed by atoms with E-state index in [1.54, 1.807) is 19.2 Å². The minimum absolute atomic E-state index is 0.695. The highest BCUT2D eigenvalue weighted by Crippen LogP contribution is 2.30. The van der Waals surface area contributed by atoms with Crippen molar-refractivity contribution in [2.24, 2.45) is 0 Å². The highest BCUT2D eigenvalue weighted by Gasteiger charge is 2.15. The molecule has 0 atom stereocenters. The number of rotatable bonds is 3. The first-order valence-corrected chi connectivity index (χ1v) is 7.17. The molecule has 1 aliphatic heterocycles. The molecule has 5 nitrogen and oxygen atoms in total. The van der Waals surface area contributed by atoms with Crippen LogP contribution in [0.15, 0.2) is 18.5 Å². The lowest BCUT2D eigenvalue weighted by Gasteiger charge is -2.26. The van der Waals surface area contributed by atoms with E-state index in [2.05, 4.69) is 37.8 Å². The summed E-state index contributed by atoms with van der Waals surface area (Å²) in [7, 11) is 1.66. The quantitative estimate of drug-likeness (QED) is 0.865. The van der Waals surface area contributed by atoms with Gasteiger partial charge in [0.1, 0.15) is 0 Å². The predicted molar refractivity (Wildman–Crippen MR) is 78.5 cm³/mol. The molecule has 3 rings (SSSR count). The Kier molecular flexibility index (Phi) is 3.63. The van der Waals surface area contributed by atoms with E-state index in [0.717, 1.165) is 31.6 Å². The highest BCUT2D eigenvalue weighted by molar-refractivity contribution is 7.95. The van der Waals surface area contributed by atoms with Crippen LogP contribution in [0.3, 0.4) is 0 Å². The van der Waals surface area contributed by atoms with E-state index >= 15 is 0 Å². The van der Waals surface area contributed by atoms with Gasteiger partial charge >= 0.3 is 0 Å². The van der Waals surface area contributed by atoms with Crippen LogP contribution in [0.4, 0.5) is 0 Å². The number of hydrogen-bond acceptors (Lipinski definition) is 5. The number of pyridine rings is 1. The van der Waals surface area contributed by atoms with Crippen LogP contribution in [-0.2, 0) is 0 Å². The van der Waals surface area contributed by atoms with Crippen LogP contribution in [0.5, 0.6) is 5.88 Å². The number of nitrogens with zero attached hydrogens (tertiary/aromatic N) is 3. The molecule has 0 aromatic carbocycles. The molecule has 0 unspecified atom stereocenters. The van der Waals surface area contributed by atoms with Crippen LogP contribution in [0.2, 0.25) is 0 Å². The van der Waals surface area contributed by atoms with E-state index in [0.29, 0.717) is 5.88 Å². The van der Waals surface area contributed by atoms with Gasteiger partial charge in [0.2, 0.25) is 5.88 Å². The number of aromatic nitrogens is 2. The largest absolute Gasteiger partial charge is 0.481 e. The summed E-state index contributed by atoms with van der Waals surface area (Å²) in [6.07, 6.45) is 3.96. The number of piperazine rings is 1. The normalized spacial score (nSPS) is 16.9. The number of nitrogens with one attached hydrogen (secondary N) is 1. The van der Waals surface area contributed by atoms with Crippen LogP contribution in [0.25, 0.3) is 10.9 Å². The monoisotopic (exact) mass is 278 g/mol. The summed E-state index contributed by atoms with van der Waals surface area (Å²) in [5.74, 6) is 0.695. The summed E-state index contributed by atoms with van der Waals surface area (Å²) >= 11 is 1.76. The predicted octanol–water partition coefficient (Wildman–Crippen LogP) is 1.67. The zero-order valence-electron chi connectivity index (χ0n) is 11.2. The van der Waals surface area contributed by atoms with Gasteiger partial charge in [0.15, 0.2) is 0 Å². The standard InChI is InChI=1S/C13H18N4OS/c1-10-9-15-13(18-2)11-3-6-17(12(10)11)19-16-7-4-14-5-8-16/h3,6,9,14H,4-5,7-8H2,1-2H3. The summed E-state index contributed by atoms with van der Waals surface area (Å²) in [5, 5.41) is 4.44. The second-order valence-electron chi connectivity index (χ2n) is 4.61. The summed E-state index contributed by atoms with van der Waals surface area (Å²) in [4.78, 5) is 4.32. The van der Waals surface area contributed by atoms with Crippen LogP contribution in [0, 0.1) is 6.92 Å². The lowest BCUT2D eigenvalue weighted by molar-refractivity contribution is 0.395. The topological polar surface area (TPSA) is 42.3 Å². The van der Waals surface area contributed by atoms with Crippen molar-refractivity contribution in [1.29, 1.82) is 0 Å². The van der Waals surface area contributed by atoms with Crippen LogP contribution < -0.4 is 10.1 Å². The number of ether oxygens (including phenoxy) is 1. The third-order valence-electron chi connectivity index (χ3n) is 3.30. The maximum atomic E-state index is 5.33. The van der Waals surface area contributed by atoms with E-state index < -0.39 is 0 Å². The van der Waals surface area contributed by atoms with Crippen molar-refractivity contribution in [3.63, 3.8) is 0 Å². The molecular weight excluding hydrogens is 260 g/mol. The van der Waals surface area contributed by atoms with E-state index in [1.807, 2.05) is 6.20 Å². The molecule has 0 spiro atoms. The van der Waals surface area contributed by atoms with Gasteiger partial charge in [0.05, 0.1) is 18.0 Å². The van der Waals surface area contributed by atoms with Crippen molar-refractivity contribution in [3.8, 4) is 5.88 Å². The summed E-state index contributed by atoms with van der Waals surface area (Å²) in [6, 6.07) is 2.07. The molecule has 1 saturated heterocycles. The fourth-order valence-electron chi connectivity index (χ4n) is 2.34. The molecule has 2 aromatic heterocycles. The van der Waals surface area contributed by atoms with Crippen molar-refractivity contribution >= 4 is 23.0 Å². The Labute approximate surface area is 117 Å². The van der Waals surface area contributed by atoms with Gasteiger partial charge in [-0.2, -0.15) is 0 Å². The molecule has 1 aliphatic rings. The van der Waals surface area contributed by atoms with Gasteiger partial charge < -0.3 is 10.1 Å². The molecule has 3 heterocycles. The molecule has 102 valence electrons. The van der Waals surface area contributed by atoms with Crippen molar-refractivity contribution in [3.05, 3.63) is 24.0 Å². The van der Waals surface area contributed by atoms with Gasteiger partial charge in [-0.1, -0.05) is 0 Å². The molecule has 0 radical (unpaired) electrons. The number of aryl methyl sites for hydroxylation is 1. The average molecular weight is 278 g/mol. The maximum Gasteiger partial charge on any atom is 0.222 e. The lowest BCUT2D eigenvalue weighted by atomic mass is 10.2. The zero-order valence-corrected chi connectivity index (χ0v) is 12.0. The van der Waals surface area contributed by atoms with Gasteiger partial charge in [0.25, 0.3) is 0 Å². The first-order chi connectivity index (χ1) is 9.29. The fraction of sp³-hybridized carbons (Fsp3) is 0.462. The molecule has 1 N–H and O–H groups in total. The number of fused-ring (bicyclic) bond motifs is 1. The van der Waals surface area contributed by atoms with E-state index in [-0.39, 0.29) is 0 Å². The Balaban J connectivity index is 1.95.